The summed E-state index contributed by atoms with van der Waals surface area (Å²) in [5.41, 5.74) is 10.8. The Morgan fingerprint density at radius 2 is 1.32 bits per heavy atom. The number of hydrogen-bond donors (Lipinski definition) is 0. The predicted octanol–water partition coefficient (Wildman–Crippen LogP) is 12.2. The molecular weight excluding hydrogens is 998 g/mol. The van der Waals surface area contributed by atoms with E-state index in [2.05, 4.69) is 207 Å². The molecule has 66 heavy (non-hydrogen) atoms. The molecule has 4 aromatic carbocycles. The molecule has 13 heteroatoms. The van der Waals surface area contributed by atoms with Crippen molar-refractivity contribution in [1.29, 1.82) is 0 Å². The largest absolute Gasteiger partial charge is 0.492 e. The van der Waals surface area contributed by atoms with Gasteiger partial charge in [0.05, 0.1) is 6.61 Å². The molecule has 2 aliphatic heterocycles. The van der Waals surface area contributed by atoms with Crippen molar-refractivity contribution in [3.8, 4) is 5.82 Å². The van der Waals surface area contributed by atoms with E-state index in [-0.39, 0.29) is 42.5 Å². The number of aromatic nitrogens is 3. The third-order valence-corrected chi connectivity index (χ3v) is 12.1. The minimum atomic E-state index is -0.671. The van der Waals surface area contributed by atoms with Crippen molar-refractivity contribution in [2.75, 3.05) is 9.80 Å². The number of para-hydroxylation sites is 4. The van der Waals surface area contributed by atoms with E-state index in [4.69, 9.17) is 28.4 Å². The Bertz CT molecular complexity index is 2860. The van der Waals surface area contributed by atoms with E-state index < -0.39 is 21.4 Å². The Morgan fingerprint density at radius 3 is 2.00 bits per heavy atom. The molecule has 0 amide bonds. The van der Waals surface area contributed by atoms with Crippen LogP contribution in [0.4, 0.5) is 22.7 Å². The Kier molecular flexibility index (Phi) is 13.1. The molecule has 2 aliphatic rings. The van der Waals surface area contributed by atoms with Gasteiger partial charge in [-0.05, 0) is 68.3 Å². The van der Waals surface area contributed by atoms with Crippen LogP contribution in [-0.2, 0) is 63.6 Å². The molecule has 1 fully saturated rings. The second-order valence-corrected chi connectivity index (χ2v) is 21.7. The molecule has 5 heterocycles. The minimum absolute atomic E-state index is 0. The summed E-state index contributed by atoms with van der Waals surface area (Å²) in [6, 6.07) is 39.3. The fourth-order valence-electron chi connectivity index (χ4n) is 8.66. The molecule has 0 bridgehead atoms. The van der Waals surface area contributed by atoms with Crippen molar-refractivity contribution < 1.29 is 39.5 Å². The Balaban J connectivity index is 0.00000592. The maximum absolute atomic E-state index is 6.76. The van der Waals surface area contributed by atoms with E-state index >= 15 is 0 Å². The molecule has 7 aromatic rings. The maximum Gasteiger partial charge on any atom is 0.468 e. The number of ether oxygens (including phenoxy) is 1. The molecule has 0 spiro atoms. The number of nitrogens with zero attached hydrogens (tertiary/aromatic N) is 5. The van der Waals surface area contributed by atoms with Crippen LogP contribution in [0.25, 0.3) is 27.6 Å². The molecule has 9 rings (SSSR count). The van der Waals surface area contributed by atoms with E-state index in [0.29, 0.717) is 13.2 Å². The zero-order chi connectivity index (χ0) is 46.1. The average Bonchev–Trinajstić information content (AvgIpc) is 3.81. The van der Waals surface area contributed by atoms with Gasteiger partial charge in [0.25, 0.3) is 0 Å². The van der Waals surface area contributed by atoms with Gasteiger partial charge in [-0.15, -0.1) is 23.2 Å². The third-order valence-electron chi connectivity index (χ3n) is 12.1. The molecule has 0 radical (unpaired) electrons. The van der Waals surface area contributed by atoms with Gasteiger partial charge < -0.3 is 37.8 Å². The van der Waals surface area contributed by atoms with E-state index in [1.807, 2.05) is 18.6 Å². The summed E-state index contributed by atoms with van der Waals surface area (Å²) < 4.78 is 28.6. The number of benzene rings is 4. The quantitative estimate of drug-likeness (QED) is 0.110. The van der Waals surface area contributed by atoms with Crippen LogP contribution >= 0.6 is 0 Å². The normalized spacial score (nSPS) is 14.9. The van der Waals surface area contributed by atoms with Crippen LogP contribution in [0, 0.1) is 18.8 Å². The molecule has 3 aromatic heterocycles. The number of pyridine rings is 2. The van der Waals surface area contributed by atoms with E-state index in [1.54, 1.807) is 0 Å². The number of fused-ring (bicyclic) bond motifs is 4. The smallest absolute Gasteiger partial charge is 0.468 e. The van der Waals surface area contributed by atoms with Gasteiger partial charge in [-0.2, -0.15) is 24.3 Å². The summed E-state index contributed by atoms with van der Waals surface area (Å²) in [4.78, 5) is 14.0. The van der Waals surface area contributed by atoms with Crippen LogP contribution < -0.4 is 15.3 Å². The molecule has 0 N–H and O–H groups in total. The first-order valence-corrected chi connectivity index (χ1v) is 22.7. The summed E-state index contributed by atoms with van der Waals surface area (Å²) in [7, 11) is -1.63. The third kappa shape index (κ3) is 9.42. The topological polar surface area (TPSA) is 74.1 Å². The van der Waals surface area contributed by atoms with Crippen molar-refractivity contribution in [3.63, 3.8) is 0 Å². The van der Waals surface area contributed by atoms with E-state index in [9.17, 15) is 0 Å². The molecule has 0 saturated carbocycles. The van der Waals surface area contributed by atoms with Crippen molar-refractivity contribution in [1.82, 2.24) is 14.5 Å². The standard InChI is InChI=1S/C53H59B3N5O4.Pt/c1-50(2,3)38-26-27-58-48(30-38)61-44-21-14-13-18-40(44)41-25-24-36(29-47(41)61)33-62-34-37-28-39(32-57-31-37)59-35-60(46-23-16-15-22-45(46)59)49-42(51(4,5)6)19-17-20-43(49)54-63-55(52(7,8)9)65-56(64-54)53(10,11)12;/h13-27,30-32,35H,33-34H2,1-12H3;/q-3;. The minimum Gasteiger partial charge on any atom is -0.492 e. The predicted molar refractivity (Wildman–Crippen MR) is 267 cm³/mol. The summed E-state index contributed by atoms with van der Waals surface area (Å²) >= 11 is 0. The van der Waals surface area contributed by atoms with Crippen molar-refractivity contribution in [2.24, 2.45) is 0 Å². The van der Waals surface area contributed by atoms with Crippen LogP contribution in [0.15, 0.2) is 110 Å². The molecule has 0 unspecified atom stereocenters. The second kappa shape index (κ2) is 18.1. The van der Waals surface area contributed by atoms with Gasteiger partial charge in [0, 0.05) is 61.9 Å². The first kappa shape index (κ1) is 47.8. The number of rotatable bonds is 8. The zero-order valence-electron chi connectivity index (χ0n) is 40.3. The van der Waals surface area contributed by atoms with Gasteiger partial charge in [-0.25, -0.2) is 4.98 Å². The molecule has 0 atom stereocenters. The Labute approximate surface area is 407 Å². The van der Waals surface area contributed by atoms with Gasteiger partial charge in [-0.3, -0.25) is 0 Å². The molecule has 0 aliphatic carbocycles. The first-order valence-electron chi connectivity index (χ1n) is 22.7. The van der Waals surface area contributed by atoms with Crippen molar-refractivity contribution in [3.05, 3.63) is 151 Å². The first-order chi connectivity index (χ1) is 30.8. The molecule has 342 valence electrons. The summed E-state index contributed by atoms with van der Waals surface area (Å²) in [6.07, 6.45) is 5.58. The van der Waals surface area contributed by atoms with Crippen LogP contribution in [0.3, 0.4) is 0 Å². The van der Waals surface area contributed by atoms with Gasteiger partial charge >= 0.3 is 21.4 Å². The van der Waals surface area contributed by atoms with Crippen molar-refractivity contribution in [2.45, 2.75) is 118 Å². The Morgan fingerprint density at radius 1 is 0.652 bits per heavy atom. The SMILES string of the molecule is CC(C)(C)B1OB(c2cccc(C(C)(C)C)c2N2[CH-]N(c3[c-]c(COCc4[c-]c5c(cc4)c4ccccc4n5-c4cc(C(C)(C)C)ccn4)cnc3)c3ccccc32)OB(C(C)(C)C)O1.[Pt]. The average molecular weight is 1060 g/mol. The van der Waals surface area contributed by atoms with E-state index in [0.717, 1.165) is 72.5 Å². The summed E-state index contributed by atoms with van der Waals surface area (Å²) in [6.45, 7) is 29.1. The zero-order valence-corrected chi connectivity index (χ0v) is 42.6. The number of hydrogen-bond acceptors (Lipinski definition) is 8. The molecular formula is C53H59B3N5O4Pt-3. The van der Waals surface area contributed by atoms with Crippen LogP contribution in [0.1, 0.15) is 105 Å². The van der Waals surface area contributed by atoms with Crippen LogP contribution in [-0.4, -0.2) is 35.9 Å². The molecule has 9 nitrogen and oxygen atoms in total. The molecule has 1 saturated heterocycles. The fourth-order valence-corrected chi connectivity index (χ4v) is 8.66. The monoisotopic (exact) mass is 1060 g/mol. The second-order valence-electron chi connectivity index (χ2n) is 21.7. The van der Waals surface area contributed by atoms with Gasteiger partial charge in [-0.1, -0.05) is 155 Å². The van der Waals surface area contributed by atoms with Crippen molar-refractivity contribution >= 4 is 71.4 Å². The maximum atomic E-state index is 6.76. The van der Waals surface area contributed by atoms with E-state index in [1.165, 1.54) is 5.56 Å². The van der Waals surface area contributed by atoms with Gasteiger partial charge in [0.1, 0.15) is 5.82 Å². The van der Waals surface area contributed by atoms with Crippen LogP contribution in [0.2, 0.25) is 10.6 Å². The summed E-state index contributed by atoms with van der Waals surface area (Å²) in [5.74, 6) is 0.876. The van der Waals surface area contributed by atoms with Gasteiger partial charge in [0.2, 0.25) is 0 Å². The fraction of sp³-hybridized carbons (Fsp3) is 0.340. The van der Waals surface area contributed by atoms with Crippen LogP contribution in [0.5, 0.6) is 0 Å². The van der Waals surface area contributed by atoms with Gasteiger partial charge in [0.15, 0.2) is 0 Å². The Hall–Kier alpha value is -4.70. The summed E-state index contributed by atoms with van der Waals surface area (Å²) in [5, 5.41) is 1.73. The number of anilines is 4.